The van der Waals surface area contributed by atoms with Crippen LogP contribution in [0.25, 0.3) is 0 Å². The van der Waals surface area contributed by atoms with Crippen molar-refractivity contribution in [1.82, 2.24) is 5.32 Å². The first kappa shape index (κ1) is 28.0. The van der Waals surface area contributed by atoms with E-state index in [1.807, 2.05) is 66.7 Å². The molecule has 192 valence electrons. The Morgan fingerprint density at radius 2 is 1.77 bits per heavy atom. The predicted octanol–water partition coefficient (Wildman–Crippen LogP) is 5.34. The number of hydrogen-bond donors (Lipinski definition) is 2. The smallest absolute Gasteiger partial charge is 0.407 e. The predicted molar refractivity (Wildman–Crippen MR) is 134 cm³/mol. The molecule has 0 bridgehead atoms. The van der Waals surface area contributed by atoms with Gasteiger partial charge < -0.3 is 29.4 Å². The van der Waals surface area contributed by atoms with Gasteiger partial charge in [0, 0.05) is 6.04 Å². The average Bonchev–Trinajstić information content (AvgIpc) is 3.53. The minimum Gasteiger partial charge on any atom is -0.491 e. The number of hydrogen-bond acceptors (Lipinski definition) is 6. The monoisotopic (exact) mass is 487 g/mol. The molecule has 1 saturated heterocycles. The van der Waals surface area contributed by atoms with E-state index >= 15 is 0 Å². The molecule has 1 amide bonds. The maximum absolute atomic E-state index is 12.0. The highest BCUT2D eigenvalue weighted by Gasteiger charge is 2.23. The fourth-order valence-electron chi connectivity index (χ4n) is 3.54. The van der Waals surface area contributed by atoms with Crippen LogP contribution in [0, 0.1) is 20.8 Å². The fourth-order valence-corrected chi connectivity index (χ4v) is 3.54. The minimum atomic E-state index is -0.510. The number of rotatable bonds is 8. The lowest BCUT2D eigenvalue weighted by atomic mass is 10.0. The van der Waals surface area contributed by atoms with Gasteiger partial charge >= 0.3 is 6.09 Å². The van der Waals surface area contributed by atoms with Crippen molar-refractivity contribution in [3.05, 3.63) is 52.6 Å². The summed E-state index contributed by atoms with van der Waals surface area (Å²) in [5.41, 5.74) is 3.75. The van der Waals surface area contributed by atoms with Gasteiger partial charge in [-0.25, -0.2) is 4.79 Å². The van der Waals surface area contributed by atoms with Gasteiger partial charge in [-0.3, -0.25) is 4.79 Å². The average molecular weight is 488 g/mol. The Kier molecular flexibility index (Phi) is 9.95. The third-order valence-corrected chi connectivity index (χ3v) is 5.02. The van der Waals surface area contributed by atoms with E-state index in [4.69, 9.17) is 28.8 Å². The van der Waals surface area contributed by atoms with Crippen LogP contribution in [-0.2, 0) is 20.7 Å². The molecule has 2 aromatic rings. The van der Waals surface area contributed by atoms with Crippen LogP contribution >= 0.6 is 0 Å². The Bertz CT molecular complexity index is 986. The summed E-state index contributed by atoms with van der Waals surface area (Å²) in [6.07, 6.45) is 0.541. The van der Waals surface area contributed by atoms with Crippen molar-refractivity contribution in [2.75, 3.05) is 13.2 Å². The van der Waals surface area contributed by atoms with E-state index < -0.39 is 11.7 Å². The molecule has 3 rings (SSSR count). The molecule has 8 nitrogen and oxygen atoms in total. The summed E-state index contributed by atoms with van der Waals surface area (Å²) in [4.78, 5) is 20.4. The van der Waals surface area contributed by atoms with Crippen molar-refractivity contribution in [3.8, 4) is 17.2 Å². The van der Waals surface area contributed by atoms with Crippen molar-refractivity contribution in [1.29, 1.82) is 0 Å². The molecule has 1 heterocycles. The maximum Gasteiger partial charge on any atom is 0.407 e. The number of aryl methyl sites for hydroxylation is 3. The van der Waals surface area contributed by atoms with Crippen LogP contribution < -0.4 is 14.8 Å². The summed E-state index contributed by atoms with van der Waals surface area (Å²) >= 11 is 0. The van der Waals surface area contributed by atoms with Crippen molar-refractivity contribution in [2.45, 2.75) is 72.6 Å². The molecule has 1 fully saturated rings. The van der Waals surface area contributed by atoms with E-state index in [0.29, 0.717) is 13.0 Å². The summed E-state index contributed by atoms with van der Waals surface area (Å²) in [6.45, 7) is 14.7. The number of carbonyl (C=O) groups is 2. The highest BCUT2D eigenvalue weighted by Crippen LogP contribution is 2.33. The van der Waals surface area contributed by atoms with Gasteiger partial charge in [-0.05, 0) is 95.3 Å². The van der Waals surface area contributed by atoms with Gasteiger partial charge in [-0.15, -0.1) is 0 Å². The van der Waals surface area contributed by atoms with Crippen LogP contribution in [-0.4, -0.2) is 48.6 Å². The highest BCUT2D eigenvalue weighted by molar-refractivity contribution is 5.68. The van der Waals surface area contributed by atoms with E-state index in [2.05, 4.69) is 17.4 Å². The van der Waals surface area contributed by atoms with E-state index in [-0.39, 0.29) is 18.6 Å². The van der Waals surface area contributed by atoms with E-state index in [1.165, 1.54) is 0 Å². The Balaban J connectivity index is 0.00000137. The second-order valence-corrected chi connectivity index (χ2v) is 9.71. The lowest BCUT2D eigenvalue weighted by Gasteiger charge is -2.22. The van der Waals surface area contributed by atoms with E-state index in [1.54, 1.807) is 0 Å². The molecule has 0 radical (unpaired) electrons. The number of epoxide rings is 1. The summed E-state index contributed by atoms with van der Waals surface area (Å²) in [6, 6.07) is 10.0. The first-order valence-corrected chi connectivity index (χ1v) is 11.6. The van der Waals surface area contributed by atoms with Crippen molar-refractivity contribution in [2.24, 2.45) is 0 Å². The maximum atomic E-state index is 12.0. The van der Waals surface area contributed by atoms with E-state index in [9.17, 15) is 4.79 Å². The first-order chi connectivity index (χ1) is 16.4. The molecule has 1 aliphatic rings. The van der Waals surface area contributed by atoms with Gasteiger partial charge in [-0.1, -0.05) is 12.1 Å². The van der Waals surface area contributed by atoms with Gasteiger partial charge in [-0.2, -0.15) is 0 Å². The molecule has 0 aromatic heterocycles. The van der Waals surface area contributed by atoms with Crippen molar-refractivity contribution < 1.29 is 33.6 Å². The van der Waals surface area contributed by atoms with Gasteiger partial charge in [0.1, 0.15) is 35.6 Å². The molecule has 2 N–H and O–H groups in total. The molecular weight excluding hydrogens is 450 g/mol. The number of benzene rings is 2. The van der Waals surface area contributed by atoms with Crippen LogP contribution in [0.2, 0.25) is 0 Å². The zero-order valence-corrected chi connectivity index (χ0v) is 21.6. The molecule has 0 spiro atoms. The second kappa shape index (κ2) is 12.4. The summed E-state index contributed by atoms with van der Waals surface area (Å²) in [7, 11) is 0. The number of carbonyl (C=O) groups excluding carboxylic acids is 1. The van der Waals surface area contributed by atoms with Crippen LogP contribution in [0.4, 0.5) is 4.79 Å². The third kappa shape index (κ3) is 9.86. The largest absolute Gasteiger partial charge is 0.491 e. The standard InChI is InChI=1S/C26H35NO5.CH2O2/c1-16-12-21(8-9-23(16)30-15-22-14-29-22)31-24-17(2)10-20(11-18(24)3)13-19(4)27-25(28)32-26(5,6)7;2-1-3/h8-12,19,22H,13-15H2,1-7H3,(H,27,28);1H,(H,2,3). The molecular formula is C27H37NO7. The zero-order chi connectivity index (χ0) is 26.2. The number of alkyl carbamates (subject to hydrolysis) is 1. The van der Waals surface area contributed by atoms with Crippen LogP contribution in [0.15, 0.2) is 30.3 Å². The number of amides is 1. The summed E-state index contributed by atoms with van der Waals surface area (Å²) in [5, 5.41) is 9.79. The molecule has 2 unspecified atom stereocenters. The van der Waals surface area contributed by atoms with Gasteiger partial charge in [0.2, 0.25) is 0 Å². The summed E-state index contributed by atoms with van der Waals surface area (Å²) in [5.74, 6) is 2.47. The molecule has 2 aromatic carbocycles. The SMILES string of the molecule is Cc1cc(Oc2c(C)cc(CC(C)NC(=O)OC(C)(C)C)cc2C)ccc1OCC1CO1.O=CO. The lowest BCUT2D eigenvalue weighted by molar-refractivity contribution is -0.122. The molecule has 0 aliphatic carbocycles. The number of ether oxygens (including phenoxy) is 4. The Hall–Kier alpha value is -3.26. The fraction of sp³-hybridized carbons (Fsp3) is 0.481. The Morgan fingerprint density at radius 3 is 2.29 bits per heavy atom. The molecule has 35 heavy (non-hydrogen) atoms. The lowest BCUT2D eigenvalue weighted by Crippen LogP contribution is -2.38. The number of carboxylic acid groups (broad SMARTS) is 1. The Morgan fingerprint density at radius 1 is 1.17 bits per heavy atom. The minimum absolute atomic E-state index is 0.0494. The Labute approximate surface area is 207 Å². The molecule has 0 saturated carbocycles. The van der Waals surface area contributed by atoms with Gasteiger partial charge in [0.05, 0.1) is 6.61 Å². The zero-order valence-electron chi connectivity index (χ0n) is 21.6. The second-order valence-electron chi connectivity index (χ2n) is 9.71. The van der Waals surface area contributed by atoms with Gasteiger partial charge in [0.15, 0.2) is 0 Å². The van der Waals surface area contributed by atoms with E-state index in [0.717, 1.165) is 46.1 Å². The van der Waals surface area contributed by atoms with Crippen molar-refractivity contribution >= 4 is 12.6 Å². The third-order valence-electron chi connectivity index (χ3n) is 5.02. The van der Waals surface area contributed by atoms with Crippen LogP contribution in [0.3, 0.4) is 0 Å². The highest BCUT2D eigenvalue weighted by atomic mass is 16.6. The first-order valence-electron chi connectivity index (χ1n) is 11.6. The van der Waals surface area contributed by atoms with Crippen LogP contribution in [0.5, 0.6) is 17.2 Å². The normalized spacial score (nSPS) is 15.2. The van der Waals surface area contributed by atoms with Crippen LogP contribution in [0.1, 0.15) is 49.9 Å². The van der Waals surface area contributed by atoms with Gasteiger partial charge in [0.25, 0.3) is 6.47 Å². The number of nitrogens with one attached hydrogen (secondary N) is 1. The quantitative estimate of drug-likeness (QED) is 0.382. The topological polar surface area (TPSA) is 107 Å². The molecule has 8 heteroatoms. The molecule has 1 aliphatic heterocycles. The van der Waals surface area contributed by atoms with Crippen molar-refractivity contribution in [3.63, 3.8) is 0 Å². The molecule has 2 atom stereocenters. The summed E-state index contributed by atoms with van der Waals surface area (Å²) < 4.78 is 22.6.